The van der Waals surface area contributed by atoms with Gasteiger partial charge in [0.2, 0.25) is 0 Å². The molecule has 0 aliphatic carbocycles. The topological polar surface area (TPSA) is 49.2 Å². The average Bonchev–Trinajstić information content (AvgIpc) is 3.51. The predicted molar refractivity (Wildman–Crippen MR) is 185 cm³/mol. The second kappa shape index (κ2) is 9.68. The summed E-state index contributed by atoms with van der Waals surface area (Å²) >= 11 is 0. The number of hydrogen-bond donors (Lipinski definition) is 0. The first-order valence-corrected chi connectivity index (χ1v) is 15.4. The van der Waals surface area contributed by atoms with Crippen molar-refractivity contribution in [2.45, 2.75) is 0 Å². The average molecular weight is 589 g/mol. The molecule has 8 aromatic rings. The van der Waals surface area contributed by atoms with Crippen LogP contribution in [0.25, 0.3) is 50.1 Å². The summed E-state index contributed by atoms with van der Waals surface area (Å²) in [6.45, 7) is -0.0943. The molecule has 0 spiro atoms. The number of pyridine rings is 1. The maximum Gasteiger partial charge on any atom is 0.260 e. The van der Waals surface area contributed by atoms with Gasteiger partial charge in [-0.25, -0.2) is 4.98 Å². The van der Waals surface area contributed by atoms with Crippen LogP contribution in [0.2, 0.25) is 0 Å². The molecule has 10 rings (SSSR count). The zero-order valence-electron chi connectivity index (χ0n) is 24.6. The highest BCUT2D eigenvalue weighted by Gasteiger charge is 2.40. The quantitative estimate of drug-likeness (QED) is 0.199. The summed E-state index contributed by atoms with van der Waals surface area (Å²) < 4.78 is 15.3. The van der Waals surface area contributed by atoms with E-state index in [-0.39, 0.29) is 6.71 Å². The molecular formula is C40H24BN3O2. The molecule has 0 amide bonds. The first-order valence-electron chi connectivity index (χ1n) is 15.4. The van der Waals surface area contributed by atoms with Crippen LogP contribution in [-0.2, 0) is 0 Å². The third-order valence-electron chi connectivity index (χ3n) is 9.18. The number of hydrogen-bond acceptors (Lipinski definition) is 4. The van der Waals surface area contributed by atoms with Crippen molar-refractivity contribution >= 4 is 44.9 Å². The van der Waals surface area contributed by atoms with Gasteiger partial charge in [0.25, 0.3) is 6.71 Å². The second-order valence-electron chi connectivity index (χ2n) is 11.8. The van der Waals surface area contributed by atoms with E-state index in [0.717, 1.165) is 89.5 Å². The van der Waals surface area contributed by atoms with Crippen molar-refractivity contribution in [3.05, 3.63) is 146 Å². The molecule has 0 N–H and O–H groups in total. The van der Waals surface area contributed by atoms with Crippen LogP contribution >= 0.6 is 0 Å². The number of benzene rings is 6. The molecule has 2 aromatic heterocycles. The molecule has 5 nitrogen and oxygen atoms in total. The highest BCUT2D eigenvalue weighted by atomic mass is 16.5. The van der Waals surface area contributed by atoms with Gasteiger partial charge in [-0.15, -0.1) is 0 Å². The summed E-state index contributed by atoms with van der Waals surface area (Å²) in [5, 5.41) is 2.29. The summed E-state index contributed by atoms with van der Waals surface area (Å²) in [5.41, 5.74) is 9.31. The van der Waals surface area contributed by atoms with Crippen LogP contribution < -0.4 is 25.9 Å². The fourth-order valence-corrected chi connectivity index (χ4v) is 7.13. The van der Waals surface area contributed by atoms with Gasteiger partial charge < -0.3 is 9.47 Å². The van der Waals surface area contributed by atoms with Gasteiger partial charge in [-0.1, -0.05) is 72.8 Å². The van der Waals surface area contributed by atoms with Crippen LogP contribution in [-0.4, -0.2) is 21.2 Å². The molecule has 0 saturated carbocycles. The molecule has 2 aliphatic heterocycles. The van der Waals surface area contributed by atoms with E-state index in [1.54, 1.807) is 0 Å². The Hall–Kier alpha value is -6.14. The molecule has 0 radical (unpaired) electrons. The van der Waals surface area contributed by atoms with Crippen molar-refractivity contribution in [2.75, 3.05) is 0 Å². The summed E-state index contributed by atoms with van der Waals surface area (Å²) in [6, 6.07) is 48.1. The maximum absolute atomic E-state index is 6.56. The van der Waals surface area contributed by atoms with Crippen molar-refractivity contribution in [2.24, 2.45) is 0 Å². The SMILES string of the molecule is c1ccc(-n2c(-c3ccc4c(c3)B3c5cc(-c6nccc7ccccc67)ccc5Oc5cccc(c53)O4)nc3ccccc32)cc1. The first kappa shape index (κ1) is 25.2. The van der Waals surface area contributed by atoms with Gasteiger partial charge in [0, 0.05) is 33.9 Å². The standard InChI is InChI=1S/C40H24BN3O2/c1-2-10-28(11-3-1)44-33-14-7-6-13-32(33)43-40(44)27-18-20-35-31(24-27)41-30-23-26(39-29-12-5-4-9-25(29)21-22-42-39)17-19-34(30)45-36-15-8-16-37(46-35)38(36)41/h1-24H. The molecule has 0 atom stereocenters. The van der Waals surface area contributed by atoms with Crippen molar-refractivity contribution < 1.29 is 9.47 Å². The highest BCUT2D eigenvalue weighted by molar-refractivity contribution is 6.98. The summed E-state index contributed by atoms with van der Waals surface area (Å²) in [7, 11) is 0. The van der Waals surface area contributed by atoms with Crippen LogP contribution in [0.5, 0.6) is 23.0 Å². The molecule has 6 heteroatoms. The molecular weight excluding hydrogens is 565 g/mol. The highest BCUT2D eigenvalue weighted by Crippen LogP contribution is 2.37. The normalized spacial score (nSPS) is 12.7. The van der Waals surface area contributed by atoms with E-state index in [0.29, 0.717) is 0 Å². The Bertz CT molecular complexity index is 2490. The minimum Gasteiger partial charge on any atom is -0.458 e. The van der Waals surface area contributed by atoms with Crippen LogP contribution in [0.1, 0.15) is 0 Å². The molecule has 0 fully saturated rings. The molecule has 0 unspecified atom stereocenters. The van der Waals surface area contributed by atoms with Crippen molar-refractivity contribution in [1.29, 1.82) is 0 Å². The Morgan fingerprint density at radius 2 is 1.26 bits per heavy atom. The van der Waals surface area contributed by atoms with Gasteiger partial charge in [-0.05, 0) is 83.0 Å². The van der Waals surface area contributed by atoms with Crippen molar-refractivity contribution in [1.82, 2.24) is 14.5 Å². The number of ether oxygens (including phenoxy) is 2. The Labute approximate surface area is 265 Å². The smallest absolute Gasteiger partial charge is 0.260 e. The van der Waals surface area contributed by atoms with E-state index in [4.69, 9.17) is 19.4 Å². The molecule has 214 valence electrons. The number of para-hydroxylation sites is 3. The van der Waals surface area contributed by atoms with E-state index >= 15 is 0 Å². The van der Waals surface area contributed by atoms with Crippen molar-refractivity contribution in [3.63, 3.8) is 0 Å². The van der Waals surface area contributed by atoms with Crippen LogP contribution in [0, 0.1) is 0 Å². The Kier molecular flexibility index (Phi) is 5.31. The van der Waals surface area contributed by atoms with E-state index < -0.39 is 0 Å². The Balaban J connectivity index is 1.19. The van der Waals surface area contributed by atoms with Gasteiger partial charge in [-0.3, -0.25) is 9.55 Å². The van der Waals surface area contributed by atoms with E-state index in [1.165, 1.54) is 0 Å². The minimum atomic E-state index is -0.0943. The van der Waals surface area contributed by atoms with Crippen LogP contribution in [0.4, 0.5) is 0 Å². The van der Waals surface area contributed by atoms with Gasteiger partial charge in [0.15, 0.2) is 0 Å². The lowest BCUT2D eigenvalue weighted by Crippen LogP contribution is -2.57. The zero-order valence-corrected chi connectivity index (χ0v) is 24.6. The number of aromatic nitrogens is 3. The van der Waals surface area contributed by atoms with Gasteiger partial charge in [0.1, 0.15) is 28.8 Å². The molecule has 46 heavy (non-hydrogen) atoms. The summed E-state index contributed by atoms with van der Waals surface area (Å²) in [4.78, 5) is 9.98. The van der Waals surface area contributed by atoms with Crippen LogP contribution in [0.3, 0.4) is 0 Å². The molecule has 2 aliphatic rings. The monoisotopic (exact) mass is 589 g/mol. The minimum absolute atomic E-state index is 0.0943. The maximum atomic E-state index is 6.56. The molecule has 0 bridgehead atoms. The first-order chi connectivity index (χ1) is 22.8. The molecule has 6 aromatic carbocycles. The Morgan fingerprint density at radius 3 is 2.09 bits per heavy atom. The van der Waals surface area contributed by atoms with Gasteiger partial charge in [-0.2, -0.15) is 0 Å². The number of nitrogens with zero attached hydrogens (tertiary/aromatic N) is 3. The number of rotatable bonds is 3. The fourth-order valence-electron chi connectivity index (χ4n) is 7.13. The van der Waals surface area contributed by atoms with Gasteiger partial charge in [0.05, 0.1) is 16.7 Å². The second-order valence-corrected chi connectivity index (χ2v) is 11.8. The van der Waals surface area contributed by atoms with E-state index in [9.17, 15) is 0 Å². The number of imidazole rings is 1. The number of fused-ring (bicyclic) bond motifs is 6. The largest absolute Gasteiger partial charge is 0.458 e. The van der Waals surface area contributed by atoms with Crippen LogP contribution in [0.15, 0.2) is 146 Å². The third kappa shape index (κ3) is 3.70. The van der Waals surface area contributed by atoms with Gasteiger partial charge >= 0.3 is 0 Å². The van der Waals surface area contributed by atoms with Crippen molar-refractivity contribution in [3.8, 4) is 51.3 Å². The summed E-state index contributed by atoms with van der Waals surface area (Å²) in [6.07, 6.45) is 1.88. The molecule has 0 saturated heterocycles. The lowest BCUT2D eigenvalue weighted by molar-refractivity contribution is 0.464. The Morgan fingerprint density at radius 1 is 0.565 bits per heavy atom. The zero-order chi connectivity index (χ0) is 30.2. The van der Waals surface area contributed by atoms with E-state index in [2.05, 4.69) is 114 Å². The third-order valence-corrected chi connectivity index (χ3v) is 9.18. The molecule has 4 heterocycles. The summed E-state index contributed by atoms with van der Waals surface area (Å²) in [5.74, 6) is 4.20. The van der Waals surface area contributed by atoms with E-state index in [1.807, 2.05) is 36.5 Å². The predicted octanol–water partition coefficient (Wildman–Crippen LogP) is 7.64. The lowest BCUT2D eigenvalue weighted by atomic mass is 9.34. The lowest BCUT2D eigenvalue weighted by Gasteiger charge is -2.33. The fraction of sp³-hybridized carbons (Fsp3) is 0.